The van der Waals surface area contributed by atoms with Crippen molar-refractivity contribution in [3.63, 3.8) is 0 Å². The van der Waals surface area contributed by atoms with Gasteiger partial charge < -0.3 is 20.0 Å². The molecule has 176 valence electrons. The zero-order chi connectivity index (χ0) is 24.1. The number of halogens is 1. The van der Waals surface area contributed by atoms with Crippen molar-refractivity contribution < 1.29 is 18.8 Å². The van der Waals surface area contributed by atoms with Gasteiger partial charge in [-0.2, -0.15) is 0 Å². The summed E-state index contributed by atoms with van der Waals surface area (Å²) in [6.07, 6.45) is 0. The van der Waals surface area contributed by atoms with Crippen LogP contribution in [0.2, 0.25) is 0 Å². The van der Waals surface area contributed by atoms with Gasteiger partial charge in [-0.25, -0.2) is 4.39 Å². The van der Waals surface area contributed by atoms with Gasteiger partial charge in [0, 0.05) is 45.3 Å². The molecule has 0 spiro atoms. The minimum absolute atomic E-state index is 0.0397. The number of nitrogens with zero attached hydrogens (tertiary/aromatic N) is 3. The molecule has 0 radical (unpaired) electrons. The van der Waals surface area contributed by atoms with E-state index in [0.29, 0.717) is 24.2 Å². The third-order valence-electron chi connectivity index (χ3n) is 5.88. The Balaban J connectivity index is 1.64. The minimum Gasteiger partial charge on any atom is -0.343 e. The molecule has 33 heavy (non-hydrogen) atoms. The average molecular weight is 455 g/mol. The molecule has 2 aromatic carbocycles. The number of rotatable bonds is 6. The van der Waals surface area contributed by atoms with Gasteiger partial charge in [0.05, 0.1) is 12.1 Å². The Morgan fingerprint density at radius 1 is 0.970 bits per heavy atom. The lowest BCUT2D eigenvalue weighted by molar-refractivity contribution is -0.129. The molecule has 0 aliphatic carbocycles. The number of amides is 3. The zero-order valence-electron chi connectivity index (χ0n) is 19.7. The van der Waals surface area contributed by atoms with Crippen molar-refractivity contribution >= 4 is 17.7 Å². The number of carbonyl (C=O) groups excluding carboxylic acids is 3. The largest absolute Gasteiger partial charge is 0.343 e. The van der Waals surface area contributed by atoms with E-state index >= 15 is 0 Å². The van der Waals surface area contributed by atoms with E-state index < -0.39 is 11.7 Å². The second kappa shape index (κ2) is 10.6. The van der Waals surface area contributed by atoms with E-state index in [4.69, 9.17) is 0 Å². The highest BCUT2D eigenvalue weighted by atomic mass is 19.1. The Morgan fingerprint density at radius 3 is 2.21 bits per heavy atom. The van der Waals surface area contributed by atoms with Gasteiger partial charge in [-0.1, -0.05) is 23.8 Å². The van der Waals surface area contributed by atoms with Crippen LogP contribution in [-0.4, -0.2) is 79.2 Å². The minimum atomic E-state index is -0.643. The van der Waals surface area contributed by atoms with Gasteiger partial charge in [-0.3, -0.25) is 14.4 Å². The molecule has 0 bridgehead atoms. The molecule has 8 heteroatoms. The van der Waals surface area contributed by atoms with Gasteiger partial charge in [-0.15, -0.1) is 0 Å². The SMILES string of the molecule is Cc1ccc(C(=O)NCC(=O)N(C)Cc2cc(C)ccc2C(=O)N2CCN(C)CC2)c(F)c1. The number of nitrogens with one attached hydrogen (secondary N) is 1. The lowest BCUT2D eigenvalue weighted by atomic mass is 10.0. The highest BCUT2D eigenvalue weighted by Gasteiger charge is 2.23. The van der Waals surface area contributed by atoms with E-state index in [-0.39, 0.29) is 30.5 Å². The fraction of sp³-hybridized carbons (Fsp3) is 0.400. The molecule has 0 unspecified atom stereocenters. The van der Waals surface area contributed by atoms with Crippen molar-refractivity contribution in [1.82, 2.24) is 20.0 Å². The van der Waals surface area contributed by atoms with Gasteiger partial charge in [0.15, 0.2) is 0 Å². The molecular weight excluding hydrogens is 423 g/mol. The van der Waals surface area contributed by atoms with E-state index in [1.807, 2.05) is 37.1 Å². The predicted octanol–water partition coefficient (Wildman–Crippen LogP) is 2.22. The zero-order valence-corrected chi connectivity index (χ0v) is 19.7. The van der Waals surface area contributed by atoms with E-state index in [2.05, 4.69) is 10.2 Å². The molecule has 1 saturated heterocycles. The molecule has 1 heterocycles. The van der Waals surface area contributed by atoms with E-state index in [1.54, 1.807) is 20.0 Å². The van der Waals surface area contributed by atoms with Crippen LogP contribution in [0.5, 0.6) is 0 Å². The number of piperazine rings is 1. The van der Waals surface area contributed by atoms with Crippen LogP contribution < -0.4 is 5.32 Å². The molecule has 1 fully saturated rings. The molecule has 3 rings (SSSR count). The quantitative estimate of drug-likeness (QED) is 0.727. The second-order valence-corrected chi connectivity index (χ2v) is 8.67. The standard InChI is InChI=1S/C25H31FN4O3/c1-17-5-7-20(25(33)30-11-9-28(3)10-12-30)19(13-17)16-29(4)23(31)15-27-24(32)21-8-6-18(2)14-22(21)26/h5-8,13-14H,9-12,15-16H2,1-4H3,(H,27,32). The highest BCUT2D eigenvalue weighted by Crippen LogP contribution is 2.17. The average Bonchev–Trinajstić information content (AvgIpc) is 2.77. The molecule has 0 aromatic heterocycles. The summed E-state index contributed by atoms with van der Waals surface area (Å²) < 4.78 is 14.0. The van der Waals surface area contributed by atoms with Crippen molar-refractivity contribution in [1.29, 1.82) is 0 Å². The maximum absolute atomic E-state index is 14.0. The van der Waals surface area contributed by atoms with E-state index in [1.165, 1.54) is 17.0 Å². The summed E-state index contributed by atoms with van der Waals surface area (Å²) in [5, 5.41) is 2.48. The topological polar surface area (TPSA) is 73.0 Å². The molecule has 1 aliphatic heterocycles. The first-order valence-corrected chi connectivity index (χ1v) is 11.0. The first-order chi connectivity index (χ1) is 15.7. The Kier molecular flexibility index (Phi) is 7.81. The maximum atomic E-state index is 14.0. The van der Waals surface area contributed by atoms with Gasteiger partial charge >= 0.3 is 0 Å². The fourth-order valence-corrected chi connectivity index (χ4v) is 3.78. The van der Waals surface area contributed by atoms with Crippen molar-refractivity contribution in [2.24, 2.45) is 0 Å². The molecular formula is C25H31FN4O3. The Hall–Kier alpha value is -3.26. The molecule has 7 nitrogen and oxygen atoms in total. The summed E-state index contributed by atoms with van der Waals surface area (Å²) in [6.45, 7) is 6.61. The Morgan fingerprint density at radius 2 is 1.58 bits per heavy atom. The highest BCUT2D eigenvalue weighted by molar-refractivity contribution is 5.97. The van der Waals surface area contributed by atoms with Crippen LogP contribution in [0, 0.1) is 19.7 Å². The summed E-state index contributed by atoms with van der Waals surface area (Å²) in [5.41, 5.74) is 2.93. The van der Waals surface area contributed by atoms with E-state index in [9.17, 15) is 18.8 Å². The van der Waals surface area contributed by atoms with Gasteiger partial charge in [0.25, 0.3) is 11.8 Å². The second-order valence-electron chi connectivity index (χ2n) is 8.67. The van der Waals surface area contributed by atoms with Crippen LogP contribution in [0.15, 0.2) is 36.4 Å². The van der Waals surface area contributed by atoms with Gasteiger partial charge in [0.1, 0.15) is 5.82 Å². The number of hydrogen-bond donors (Lipinski definition) is 1. The summed E-state index contributed by atoms with van der Waals surface area (Å²) in [5.74, 6) is -1.65. The third-order valence-corrected chi connectivity index (χ3v) is 5.88. The normalized spacial score (nSPS) is 14.2. The molecule has 0 saturated carbocycles. The van der Waals surface area contributed by atoms with Crippen LogP contribution in [0.3, 0.4) is 0 Å². The fourth-order valence-electron chi connectivity index (χ4n) is 3.78. The van der Waals surface area contributed by atoms with Gasteiger partial charge in [-0.05, 0) is 50.2 Å². The first-order valence-electron chi connectivity index (χ1n) is 11.0. The number of aryl methyl sites for hydroxylation is 2. The number of benzene rings is 2. The molecule has 2 aromatic rings. The van der Waals surface area contributed by atoms with Crippen LogP contribution in [0.1, 0.15) is 37.4 Å². The summed E-state index contributed by atoms with van der Waals surface area (Å²) in [6, 6.07) is 9.93. The van der Waals surface area contributed by atoms with Gasteiger partial charge in [0.2, 0.25) is 5.91 Å². The maximum Gasteiger partial charge on any atom is 0.254 e. The Bertz CT molecular complexity index is 1050. The van der Waals surface area contributed by atoms with Crippen LogP contribution >= 0.6 is 0 Å². The number of carbonyl (C=O) groups is 3. The van der Waals surface area contributed by atoms with Crippen LogP contribution in [0.25, 0.3) is 0 Å². The third kappa shape index (κ3) is 6.16. The van der Waals surface area contributed by atoms with Crippen molar-refractivity contribution in [3.8, 4) is 0 Å². The summed E-state index contributed by atoms with van der Waals surface area (Å²) in [7, 11) is 3.65. The predicted molar refractivity (Wildman–Crippen MR) is 125 cm³/mol. The van der Waals surface area contributed by atoms with Crippen molar-refractivity contribution in [3.05, 3.63) is 70.0 Å². The van der Waals surface area contributed by atoms with Crippen molar-refractivity contribution in [2.75, 3.05) is 46.8 Å². The Labute approximate surface area is 194 Å². The van der Waals surface area contributed by atoms with Crippen LogP contribution in [-0.2, 0) is 11.3 Å². The monoisotopic (exact) mass is 454 g/mol. The number of hydrogen-bond acceptors (Lipinski definition) is 4. The smallest absolute Gasteiger partial charge is 0.254 e. The number of likely N-dealkylation sites (N-methyl/N-ethyl adjacent to an activating group) is 2. The molecule has 0 atom stereocenters. The summed E-state index contributed by atoms with van der Waals surface area (Å²) >= 11 is 0. The molecule has 3 amide bonds. The van der Waals surface area contributed by atoms with E-state index in [0.717, 1.165) is 24.2 Å². The summed E-state index contributed by atoms with van der Waals surface area (Å²) in [4.78, 5) is 43.5. The lowest BCUT2D eigenvalue weighted by Crippen LogP contribution is -2.47. The lowest BCUT2D eigenvalue weighted by Gasteiger charge is -2.33. The van der Waals surface area contributed by atoms with Crippen molar-refractivity contribution in [2.45, 2.75) is 20.4 Å². The molecule has 1 aliphatic rings. The molecule has 1 N–H and O–H groups in total. The van der Waals surface area contributed by atoms with Crippen LogP contribution in [0.4, 0.5) is 4.39 Å². The first kappa shape index (κ1) is 24.4.